The zero-order valence-corrected chi connectivity index (χ0v) is 20.9. The van der Waals surface area contributed by atoms with Crippen LogP contribution in [0.25, 0.3) is 0 Å². The van der Waals surface area contributed by atoms with Crippen molar-refractivity contribution in [3.8, 4) is 0 Å². The first-order valence-electron chi connectivity index (χ1n) is 12.3. The summed E-state index contributed by atoms with van der Waals surface area (Å²) in [4.78, 5) is 44.4. The number of carbonyl (C=O) groups excluding carboxylic acids is 1. The van der Waals surface area contributed by atoms with E-state index >= 15 is 0 Å². The fourth-order valence-electron chi connectivity index (χ4n) is 3.95. The van der Waals surface area contributed by atoms with Crippen molar-refractivity contribution in [3.63, 3.8) is 0 Å². The molecule has 1 aromatic heterocycles. The summed E-state index contributed by atoms with van der Waals surface area (Å²) in [5.74, 6) is -4.68. The summed E-state index contributed by atoms with van der Waals surface area (Å²) >= 11 is 0. The number of aromatic nitrogens is 1. The molecule has 0 unspecified atom stereocenters. The van der Waals surface area contributed by atoms with Crippen molar-refractivity contribution in [2.45, 2.75) is 94.9 Å². The van der Waals surface area contributed by atoms with Crippen LogP contribution in [-0.4, -0.2) is 63.4 Å². The van der Waals surface area contributed by atoms with E-state index in [0.29, 0.717) is 51.5 Å². The van der Waals surface area contributed by atoms with Crippen molar-refractivity contribution in [1.82, 2.24) is 0 Å². The monoisotopic (exact) mass is 525 g/mol. The lowest BCUT2D eigenvalue weighted by Crippen LogP contribution is -2.41. The Bertz CT molecular complexity index is 897. The van der Waals surface area contributed by atoms with Gasteiger partial charge in [0.1, 0.15) is 24.7 Å². The molecular formula is C24H39N5O8. The molecule has 0 saturated carbocycles. The highest BCUT2D eigenvalue weighted by atomic mass is 16.4. The second kappa shape index (κ2) is 15.9. The van der Waals surface area contributed by atoms with Crippen molar-refractivity contribution in [1.29, 1.82) is 0 Å². The SMILES string of the molecule is N[C@@H](CCCc1c(CC[C@H](N)C(=O)O)c[n+](CCCC[C@H](N)C(=O)O)cc1CC[C@H](N)C(=O)O)C(=O)[O-]. The molecule has 0 aliphatic heterocycles. The number of rotatable bonds is 19. The number of carboxylic acid groups (broad SMARTS) is 4. The minimum Gasteiger partial charge on any atom is -0.548 e. The molecule has 0 amide bonds. The Hall–Kier alpha value is -3.13. The summed E-state index contributed by atoms with van der Waals surface area (Å²) < 4.78 is 1.89. The van der Waals surface area contributed by atoms with Gasteiger partial charge in [-0.1, -0.05) is 0 Å². The van der Waals surface area contributed by atoms with Gasteiger partial charge in [0.05, 0.1) is 5.97 Å². The average molecular weight is 526 g/mol. The molecule has 1 heterocycles. The Balaban J connectivity index is 3.23. The Kier molecular flexibility index (Phi) is 13.7. The number of nitrogens with zero attached hydrogens (tertiary/aromatic N) is 1. The highest BCUT2D eigenvalue weighted by Crippen LogP contribution is 2.21. The minimum atomic E-state index is -1.35. The van der Waals surface area contributed by atoms with Crippen molar-refractivity contribution < 1.29 is 44.2 Å². The number of unbranched alkanes of at least 4 members (excludes halogenated alkanes) is 1. The number of aliphatic carboxylic acids is 4. The van der Waals surface area contributed by atoms with Gasteiger partial charge in [-0.05, 0) is 63.4 Å². The Morgan fingerprint density at radius 1 is 0.676 bits per heavy atom. The molecular weight excluding hydrogens is 486 g/mol. The summed E-state index contributed by atoms with van der Waals surface area (Å²) in [6.45, 7) is 0.526. The number of carboxylic acids is 4. The second-order valence-corrected chi connectivity index (χ2v) is 9.25. The van der Waals surface area contributed by atoms with E-state index in [0.717, 1.165) is 16.7 Å². The van der Waals surface area contributed by atoms with E-state index in [2.05, 4.69) is 0 Å². The molecule has 1 aromatic rings. The van der Waals surface area contributed by atoms with Crippen LogP contribution in [0, 0.1) is 0 Å². The molecule has 208 valence electrons. The van der Waals surface area contributed by atoms with Gasteiger partial charge in [0, 0.05) is 23.6 Å². The van der Waals surface area contributed by atoms with Crippen molar-refractivity contribution >= 4 is 23.9 Å². The summed E-state index contributed by atoms with van der Waals surface area (Å²) in [5, 5.41) is 38.3. The van der Waals surface area contributed by atoms with Crippen LogP contribution in [0.4, 0.5) is 0 Å². The van der Waals surface area contributed by atoms with Gasteiger partial charge in [-0.3, -0.25) is 14.4 Å². The predicted molar refractivity (Wildman–Crippen MR) is 130 cm³/mol. The van der Waals surface area contributed by atoms with Gasteiger partial charge in [-0.25, -0.2) is 4.57 Å². The number of aryl methyl sites for hydroxylation is 3. The zero-order valence-electron chi connectivity index (χ0n) is 20.9. The molecule has 0 spiro atoms. The third-order valence-corrected chi connectivity index (χ3v) is 6.25. The smallest absolute Gasteiger partial charge is 0.320 e. The molecule has 0 aliphatic carbocycles. The van der Waals surface area contributed by atoms with Crippen LogP contribution in [0.15, 0.2) is 12.4 Å². The van der Waals surface area contributed by atoms with E-state index in [1.165, 1.54) is 0 Å². The summed E-state index contributed by atoms with van der Waals surface area (Å²) in [6.07, 6.45) is 7.24. The summed E-state index contributed by atoms with van der Waals surface area (Å²) in [7, 11) is 0. The molecule has 0 saturated heterocycles. The van der Waals surface area contributed by atoms with Gasteiger partial charge < -0.3 is 48.2 Å². The maximum atomic E-state index is 11.2. The summed E-state index contributed by atoms with van der Waals surface area (Å²) in [5.41, 5.74) is 25.0. The lowest BCUT2D eigenvalue weighted by molar-refractivity contribution is -0.698. The van der Waals surface area contributed by atoms with Crippen molar-refractivity contribution in [3.05, 3.63) is 29.1 Å². The van der Waals surface area contributed by atoms with Gasteiger partial charge in [-0.2, -0.15) is 0 Å². The molecule has 13 heteroatoms. The fraction of sp³-hybridized carbons (Fsp3) is 0.625. The van der Waals surface area contributed by atoms with Crippen LogP contribution in [0.3, 0.4) is 0 Å². The third kappa shape index (κ3) is 11.6. The first-order chi connectivity index (χ1) is 17.3. The van der Waals surface area contributed by atoms with Gasteiger partial charge in [0.15, 0.2) is 12.4 Å². The standard InChI is InChI=1S/C24H39N5O8/c25-17(21(30)31)5-1-2-11-29-12-14(7-9-19(27)23(34)35)16(4-3-6-18(26)22(32)33)15(13-29)8-10-20(28)24(36)37/h12-13,17-20H,1-11,25-28H2,(H3-,30,31,32,33,34,35,36,37)/t17-,18-,19-,20-/m0/s1. The molecule has 0 aliphatic rings. The molecule has 0 radical (unpaired) electrons. The maximum absolute atomic E-state index is 11.2. The van der Waals surface area contributed by atoms with Crippen molar-refractivity contribution in [2.75, 3.05) is 0 Å². The van der Waals surface area contributed by atoms with Crippen LogP contribution >= 0.6 is 0 Å². The number of pyridine rings is 1. The molecule has 11 N–H and O–H groups in total. The summed E-state index contributed by atoms with van der Waals surface area (Å²) in [6, 6.07) is -4.22. The quantitative estimate of drug-likeness (QED) is 0.0739. The van der Waals surface area contributed by atoms with Crippen molar-refractivity contribution in [2.24, 2.45) is 22.9 Å². The lowest BCUT2D eigenvalue weighted by Gasteiger charge is -2.17. The first-order valence-corrected chi connectivity index (χ1v) is 12.3. The topological polar surface area (TPSA) is 260 Å². The Morgan fingerprint density at radius 2 is 1.11 bits per heavy atom. The number of nitrogens with two attached hydrogens (primary N) is 4. The first kappa shape index (κ1) is 31.9. The third-order valence-electron chi connectivity index (χ3n) is 6.25. The predicted octanol–water partition coefficient (Wildman–Crippen LogP) is -2.35. The lowest BCUT2D eigenvalue weighted by atomic mass is 9.91. The normalized spacial score (nSPS) is 14.5. The second-order valence-electron chi connectivity index (χ2n) is 9.25. The maximum Gasteiger partial charge on any atom is 0.320 e. The highest BCUT2D eigenvalue weighted by Gasteiger charge is 2.21. The van der Waals surface area contributed by atoms with Gasteiger partial charge >= 0.3 is 17.9 Å². The van der Waals surface area contributed by atoms with Gasteiger partial charge in [0.25, 0.3) is 0 Å². The molecule has 1 rings (SSSR count). The fourth-order valence-corrected chi connectivity index (χ4v) is 3.95. The van der Waals surface area contributed by atoms with E-state index in [4.69, 9.17) is 28.0 Å². The van der Waals surface area contributed by atoms with Crippen LogP contribution < -0.4 is 32.6 Å². The highest BCUT2D eigenvalue weighted by molar-refractivity contribution is 5.73. The van der Waals surface area contributed by atoms with E-state index < -0.39 is 48.0 Å². The molecule has 37 heavy (non-hydrogen) atoms. The van der Waals surface area contributed by atoms with Crippen LogP contribution in [-0.2, 0) is 45.0 Å². The Labute approximate surface area is 215 Å². The molecule has 0 fully saturated rings. The van der Waals surface area contributed by atoms with E-state index in [9.17, 15) is 34.5 Å². The zero-order chi connectivity index (χ0) is 28.1. The van der Waals surface area contributed by atoms with Crippen LogP contribution in [0.1, 0.15) is 61.6 Å². The average Bonchev–Trinajstić information content (AvgIpc) is 2.83. The largest absolute Gasteiger partial charge is 0.548 e. The van der Waals surface area contributed by atoms with E-state index in [1.54, 1.807) is 0 Å². The van der Waals surface area contributed by atoms with Gasteiger partial charge in [0.2, 0.25) is 0 Å². The van der Waals surface area contributed by atoms with Gasteiger partial charge in [-0.15, -0.1) is 0 Å². The van der Waals surface area contributed by atoms with E-state index in [-0.39, 0.29) is 19.3 Å². The Morgan fingerprint density at radius 3 is 1.54 bits per heavy atom. The number of hydrogen-bond acceptors (Lipinski definition) is 9. The minimum absolute atomic E-state index is 0.159. The van der Waals surface area contributed by atoms with Crippen LogP contribution in [0.2, 0.25) is 0 Å². The number of carbonyl (C=O) groups is 4. The molecule has 0 aromatic carbocycles. The molecule has 0 bridgehead atoms. The van der Waals surface area contributed by atoms with Crippen LogP contribution in [0.5, 0.6) is 0 Å². The molecule has 13 nitrogen and oxygen atoms in total. The van der Waals surface area contributed by atoms with E-state index in [1.807, 2.05) is 17.0 Å². The number of hydrogen-bond donors (Lipinski definition) is 7. The molecule has 4 atom stereocenters.